The van der Waals surface area contributed by atoms with E-state index in [4.69, 9.17) is 9.94 Å². The van der Waals surface area contributed by atoms with Crippen LogP contribution in [0.2, 0.25) is 0 Å². The lowest BCUT2D eigenvalue weighted by Crippen LogP contribution is -2.31. The van der Waals surface area contributed by atoms with Crippen molar-refractivity contribution in [3.05, 3.63) is 55.6 Å². The van der Waals surface area contributed by atoms with Crippen LogP contribution in [-0.4, -0.2) is 23.7 Å². The number of nitrogens with one attached hydrogen (secondary N) is 2. The molecule has 0 saturated heterocycles. The van der Waals surface area contributed by atoms with Crippen LogP contribution >= 0.6 is 38.5 Å². The number of hydrogen-bond acceptors (Lipinski definition) is 4. The first kappa shape index (κ1) is 21.0. The number of aliphatic hydroxyl groups excluding tert-OH is 1. The molecular weight excluding hydrogens is 525 g/mol. The van der Waals surface area contributed by atoms with Crippen LogP contribution in [0.25, 0.3) is 0 Å². The summed E-state index contributed by atoms with van der Waals surface area (Å²) in [5.41, 5.74) is 2.44. The Kier molecular flexibility index (Phi) is 7.74. The molecule has 0 spiro atoms. The average molecular weight is 541 g/mol. The van der Waals surface area contributed by atoms with Crippen molar-refractivity contribution < 1.29 is 23.5 Å². The number of rotatable bonds is 7. The SMILES string of the molecule is CCC(CO)ONC(=O)c1cc(Br)c(F)cc1Nc1ccc(I)cc1F. The summed E-state index contributed by atoms with van der Waals surface area (Å²) in [6.07, 6.45) is -0.0732. The van der Waals surface area contributed by atoms with Gasteiger partial charge in [0.25, 0.3) is 5.91 Å². The van der Waals surface area contributed by atoms with E-state index in [1.165, 1.54) is 18.2 Å². The van der Waals surface area contributed by atoms with Crippen LogP contribution in [-0.2, 0) is 4.84 Å². The van der Waals surface area contributed by atoms with Gasteiger partial charge in [0.1, 0.15) is 17.7 Å². The van der Waals surface area contributed by atoms with E-state index in [1.54, 1.807) is 13.0 Å². The highest BCUT2D eigenvalue weighted by Crippen LogP contribution is 2.29. The third-order valence-electron chi connectivity index (χ3n) is 3.48. The molecule has 26 heavy (non-hydrogen) atoms. The second-order valence-corrected chi connectivity index (χ2v) is 7.42. The number of aliphatic hydroxyl groups is 1. The molecule has 0 aliphatic rings. The molecule has 2 rings (SSSR count). The summed E-state index contributed by atoms with van der Waals surface area (Å²) in [5, 5.41) is 11.8. The largest absolute Gasteiger partial charge is 0.394 e. The van der Waals surface area contributed by atoms with Crippen molar-refractivity contribution in [1.29, 1.82) is 0 Å². The summed E-state index contributed by atoms with van der Waals surface area (Å²) in [5.74, 6) is -1.81. The standard InChI is InChI=1S/C17H16BrF2IN2O3/c1-2-10(8-24)26-23-17(25)11-6-12(18)13(19)7-16(11)22-15-4-3-9(21)5-14(15)20/h3-7,10,22,24H,2,8H2,1H3,(H,23,25). The minimum Gasteiger partial charge on any atom is -0.394 e. The molecule has 1 unspecified atom stereocenters. The first-order valence-electron chi connectivity index (χ1n) is 7.63. The summed E-state index contributed by atoms with van der Waals surface area (Å²) in [6, 6.07) is 6.83. The van der Waals surface area contributed by atoms with Crippen molar-refractivity contribution >= 4 is 55.8 Å². The first-order chi connectivity index (χ1) is 12.3. The molecule has 5 nitrogen and oxygen atoms in total. The second kappa shape index (κ2) is 9.58. The first-order valence-corrected chi connectivity index (χ1v) is 9.50. The third kappa shape index (κ3) is 5.35. The monoisotopic (exact) mass is 540 g/mol. The number of anilines is 2. The molecule has 0 bridgehead atoms. The van der Waals surface area contributed by atoms with E-state index in [9.17, 15) is 13.6 Å². The Morgan fingerprint density at radius 1 is 1.27 bits per heavy atom. The van der Waals surface area contributed by atoms with Gasteiger partial charge in [-0.1, -0.05) is 6.92 Å². The molecular formula is C17H16BrF2IN2O3. The number of benzene rings is 2. The van der Waals surface area contributed by atoms with Crippen LogP contribution in [0.3, 0.4) is 0 Å². The van der Waals surface area contributed by atoms with Gasteiger partial charge >= 0.3 is 0 Å². The predicted octanol–water partition coefficient (Wildman–Crippen LogP) is 4.51. The molecule has 3 N–H and O–H groups in total. The zero-order valence-electron chi connectivity index (χ0n) is 13.7. The van der Waals surface area contributed by atoms with Crippen molar-refractivity contribution in [1.82, 2.24) is 5.48 Å². The van der Waals surface area contributed by atoms with Gasteiger partial charge in [-0.05, 0) is 75.3 Å². The number of carbonyl (C=O) groups excluding carboxylic acids is 1. The lowest BCUT2D eigenvalue weighted by molar-refractivity contribution is -0.0408. The van der Waals surface area contributed by atoms with E-state index in [0.717, 1.165) is 6.07 Å². The maximum absolute atomic E-state index is 14.1. The molecule has 2 aromatic rings. The van der Waals surface area contributed by atoms with Gasteiger partial charge < -0.3 is 10.4 Å². The number of carbonyl (C=O) groups is 1. The molecule has 0 heterocycles. The Balaban J connectivity index is 2.30. The van der Waals surface area contributed by atoms with Gasteiger partial charge in [0.15, 0.2) is 0 Å². The van der Waals surface area contributed by atoms with E-state index in [2.05, 4.69) is 26.7 Å². The number of halogens is 4. The van der Waals surface area contributed by atoms with E-state index >= 15 is 0 Å². The molecule has 9 heteroatoms. The van der Waals surface area contributed by atoms with Crippen molar-refractivity contribution in [3.8, 4) is 0 Å². The summed E-state index contributed by atoms with van der Waals surface area (Å²) < 4.78 is 28.8. The molecule has 140 valence electrons. The molecule has 0 aromatic heterocycles. The number of amides is 1. The lowest BCUT2D eigenvalue weighted by atomic mass is 10.1. The molecule has 0 radical (unpaired) electrons. The molecule has 1 amide bonds. The van der Waals surface area contributed by atoms with E-state index in [0.29, 0.717) is 9.99 Å². The summed E-state index contributed by atoms with van der Waals surface area (Å²) in [7, 11) is 0. The van der Waals surface area contributed by atoms with Gasteiger partial charge in [-0.2, -0.15) is 0 Å². The average Bonchev–Trinajstić information content (AvgIpc) is 2.61. The topological polar surface area (TPSA) is 70.6 Å². The molecule has 0 aliphatic carbocycles. The van der Waals surface area contributed by atoms with Crippen LogP contribution in [0.4, 0.5) is 20.2 Å². The zero-order valence-corrected chi connectivity index (χ0v) is 17.4. The molecule has 2 aromatic carbocycles. The quantitative estimate of drug-likeness (QED) is 0.357. The molecule has 1 atom stereocenters. The van der Waals surface area contributed by atoms with E-state index in [1.807, 2.05) is 22.6 Å². The summed E-state index contributed by atoms with van der Waals surface area (Å²) in [6.45, 7) is 1.52. The predicted molar refractivity (Wildman–Crippen MR) is 106 cm³/mol. The fraction of sp³-hybridized carbons (Fsp3) is 0.235. The van der Waals surface area contributed by atoms with Crippen molar-refractivity contribution in [3.63, 3.8) is 0 Å². The van der Waals surface area contributed by atoms with Crippen LogP contribution in [0.5, 0.6) is 0 Å². The minimum absolute atomic E-state index is 0.0454. The summed E-state index contributed by atoms with van der Waals surface area (Å²) >= 11 is 5.00. The Morgan fingerprint density at radius 3 is 2.62 bits per heavy atom. The van der Waals surface area contributed by atoms with Gasteiger partial charge in [-0.3, -0.25) is 9.63 Å². The van der Waals surface area contributed by atoms with E-state index < -0.39 is 23.6 Å². The van der Waals surface area contributed by atoms with Crippen LogP contribution in [0.15, 0.2) is 34.8 Å². The highest BCUT2D eigenvalue weighted by Gasteiger charge is 2.18. The molecule has 0 fully saturated rings. The Labute approximate surface area is 171 Å². The fourth-order valence-electron chi connectivity index (χ4n) is 2.02. The second-order valence-electron chi connectivity index (χ2n) is 5.32. The van der Waals surface area contributed by atoms with Gasteiger partial charge in [0.2, 0.25) is 0 Å². The van der Waals surface area contributed by atoms with Gasteiger partial charge in [0.05, 0.1) is 28.0 Å². The fourth-order valence-corrected chi connectivity index (χ4v) is 2.81. The smallest absolute Gasteiger partial charge is 0.277 e. The number of hydroxylamine groups is 1. The number of hydrogen-bond donors (Lipinski definition) is 3. The van der Waals surface area contributed by atoms with Crippen LogP contribution < -0.4 is 10.8 Å². The Morgan fingerprint density at radius 2 is 2.00 bits per heavy atom. The van der Waals surface area contributed by atoms with Gasteiger partial charge in [-0.15, -0.1) is 0 Å². The lowest BCUT2D eigenvalue weighted by Gasteiger charge is -2.16. The van der Waals surface area contributed by atoms with Crippen LogP contribution in [0, 0.1) is 15.2 Å². The maximum Gasteiger partial charge on any atom is 0.277 e. The third-order valence-corrected chi connectivity index (χ3v) is 4.76. The van der Waals surface area contributed by atoms with Gasteiger partial charge in [-0.25, -0.2) is 14.3 Å². The van der Waals surface area contributed by atoms with E-state index in [-0.39, 0.29) is 28.0 Å². The zero-order chi connectivity index (χ0) is 19.3. The summed E-state index contributed by atoms with van der Waals surface area (Å²) in [4.78, 5) is 17.5. The normalized spacial score (nSPS) is 11.9. The van der Waals surface area contributed by atoms with Crippen molar-refractivity contribution in [2.45, 2.75) is 19.4 Å². The maximum atomic E-state index is 14.1. The highest BCUT2D eigenvalue weighted by molar-refractivity contribution is 14.1. The highest BCUT2D eigenvalue weighted by atomic mass is 127. The minimum atomic E-state index is -0.661. The van der Waals surface area contributed by atoms with Crippen molar-refractivity contribution in [2.24, 2.45) is 0 Å². The van der Waals surface area contributed by atoms with Crippen LogP contribution in [0.1, 0.15) is 23.7 Å². The Bertz CT molecular complexity index is 804. The Hall–Kier alpha value is -1.30. The molecule has 0 aliphatic heterocycles. The van der Waals surface area contributed by atoms with Gasteiger partial charge in [0, 0.05) is 3.57 Å². The van der Waals surface area contributed by atoms with Crippen molar-refractivity contribution in [2.75, 3.05) is 11.9 Å². The molecule has 0 saturated carbocycles.